The summed E-state index contributed by atoms with van der Waals surface area (Å²) in [5, 5.41) is 11.6. The summed E-state index contributed by atoms with van der Waals surface area (Å²) in [6, 6.07) is -0.945. The van der Waals surface area contributed by atoms with Crippen LogP contribution in [0.5, 0.6) is 0 Å². The van der Waals surface area contributed by atoms with Crippen LogP contribution >= 0.6 is 0 Å². The van der Waals surface area contributed by atoms with E-state index in [2.05, 4.69) is 29.5 Å². The fraction of sp³-hybridized carbons (Fsp3) is 0.815. The number of hydrogen-bond acceptors (Lipinski definition) is 7. The van der Waals surface area contributed by atoms with Crippen LogP contribution in [0.3, 0.4) is 0 Å². The Bertz CT molecular complexity index is 940. The Morgan fingerprint density at radius 1 is 0.947 bits per heavy atom. The van der Waals surface area contributed by atoms with Gasteiger partial charge in [-0.05, 0) is 59.8 Å². The fourth-order valence-corrected chi connectivity index (χ4v) is 4.22. The number of nitrogens with zero attached hydrogens (tertiary/aromatic N) is 5. The van der Waals surface area contributed by atoms with Gasteiger partial charge < -0.3 is 24.6 Å². The van der Waals surface area contributed by atoms with Crippen molar-refractivity contribution in [2.75, 3.05) is 26.2 Å². The average molecular weight is 537 g/mol. The predicted octanol–water partition coefficient (Wildman–Crippen LogP) is 4.56. The molecule has 11 nitrogen and oxygen atoms in total. The van der Waals surface area contributed by atoms with Gasteiger partial charge >= 0.3 is 12.2 Å². The summed E-state index contributed by atoms with van der Waals surface area (Å²) in [6.07, 6.45) is 2.30. The first-order chi connectivity index (χ1) is 17.5. The van der Waals surface area contributed by atoms with Crippen LogP contribution in [0.15, 0.2) is 6.20 Å². The van der Waals surface area contributed by atoms with E-state index in [0.29, 0.717) is 38.3 Å². The fourth-order valence-electron chi connectivity index (χ4n) is 4.22. The second-order valence-electron chi connectivity index (χ2n) is 12.6. The van der Waals surface area contributed by atoms with E-state index in [1.807, 2.05) is 55.4 Å². The van der Waals surface area contributed by atoms with Crippen molar-refractivity contribution in [2.24, 2.45) is 11.8 Å². The number of alkyl carbamates (subject to hydrolysis) is 1. The van der Waals surface area contributed by atoms with Crippen LogP contribution in [-0.4, -0.2) is 80.3 Å². The zero-order chi connectivity index (χ0) is 28.8. The summed E-state index contributed by atoms with van der Waals surface area (Å²) >= 11 is 0. The van der Waals surface area contributed by atoms with Crippen LogP contribution in [0.2, 0.25) is 0 Å². The Hall–Kier alpha value is -2.85. The monoisotopic (exact) mass is 536 g/mol. The molecule has 1 fully saturated rings. The summed E-state index contributed by atoms with van der Waals surface area (Å²) in [4.78, 5) is 42.1. The van der Waals surface area contributed by atoms with E-state index >= 15 is 0 Å². The molecule has 216 valence electrons. The lowest BCUT2D eigenvalue weighted by Crippen LogP contribution is -2.53. The van der Waals surface area contributed by atoms with Crippen molar-refractivity contribution in [1.82, 2.24) is 30.1 Å². The highest BCUT2D eigenvalue weighted by molar-refractivity contribution is 5.81. The van der Waals surface area contributed by atoms with Gasteiger partial charge in [-0.15, -0.1) is 5.10 Å². The molecule has 0 spiro atoms. The molecule has 0 radical (unpaired) electrons. The van der Waals surface area contributed by atoms with Crippen LogP contribution in [0.25, 0.3) is 0 Å². The number of aromatic nitrogens is 3. The molecule has 1 N–H and O–H groups in total. The molecule has 1 aromatic rings. The molecule has 1 saturated heterocycles. The first-order valence-corrected chi connectivity index (χ1v) is 13.7. The molecule has 2 unspecified atom stereocenters. The molecule has 38 heavy (non-hydrogen) atoms. The SMILES string of the molecule is CCC(C)[C@@H](C(=O)N1CCN(C(=O)OC(C)(C)C)CC1)n1cc(C(CC(C)C)NC(=O)OC(C)(C)C)nn1. The molecular formula is C27H48N6O5. The van der Waals surface area contributed by atoms with E-state index in [1.165, 1.54) is 0 Å². The van der Waals surface area contributed by atoms with Gasteiger partial charge in [-0.3, -0.25) is 4.79 Å². The van der Waals surface area contributed by atoms with E-state index in [1.54, 1.807) is 20.7 Å². The molecule has 2 rings (SSSR count). The number of piperazine rings is 1. The molecule has 0 aromatic carbocycles. The van der Waals surface area contributed by atoms with Gasteiger partial charge in [-0.2, -0.15) is 0 Å². The zero-order valence-corrected chi connectivity index (χ0v) is 24.9. The lowest BCUT2D eigenvalue weighted by atomic mass is 9.97. The third-order valence-corrected chi connectivity index (χ3v) is 6.25. The maximum atomic E-state index is 13.7. The Balaban J connectivity index is 2.18. The molecule has 0 bridgehead atoms. The summed E-state index contributed by atoms with van der Waals surface area (Å²) in [7, 11) is 0. The second-order valence-corrected chi connectivity index (χ2v) is 12.6. The Labute approximate surface area is 227 Å². The maximum Gasteiger partial charge on any atom is 0.410 e. The first kappa shape index (κ1) is 31.4. The quantitative estimate of drug-likeness (QED) is 0.517. The van der Waals surface area contributed by atoms with Crippen molar-refractivity contribution in [2.45, 2.75) is 105 Å². The second kappa shape index (κ2) is 12.8. The lowest BCUT2D eigenvalue weighted by Gasteiger charge is -2.37. The Kier molecular flexibility index (Phi) is 10.6. The predicted molar refractivity (Wildman–Crippen MR) is 144 cm³/mol. The number of carbonyl (C=O) groups excluding carboxylic acids is 3. The first-order valence-electron chi connectivity index (χ1n) is 13.7. The van der Waals surface area contributed by atoms with Gasteiger partial charge in [0.1, 0.15) is 22.9 Å². The van der Waals surface area contributed by atoms with Gasteiger partial charge in [0, 0.05) is 26.2 Å². The van der Waals surface area contributed by atoms with Gasteiger partial charge in [-0.1, -0.05) is 39.3 Å². The smallest absolute Gasteiger partial charge is 0.410 e. The largest absolute Gasteiger partial charge is 0.444 e. The molecule has 11 heteroatoms. The molecular weight excluding hydrogens is 488 g/mol. The van der Waals surface area contributed by atoms with Crippen LogP contribution in [0.4, 0.5) is 9.59 Å². The minimum Gasteiger partial charge on any atom is -0.444 e. The molecule has 3 amide bonds. The summed E-state index contributed by atoms with van der Waals surface area (Å²) in [6.45, 7) is 20.8. The molecule has 1 aliphatic heterocycles. The van der Waals surface area contributed by atoms with E-state index in [9.17, 15) is 14.4 Å². The van der Waals surface area contributed by atoms with E-state index in [-0.39, 0.29) is 23.8 Å². The standard InChI is InChI=1S/C27H48N6O5/c1-11-19(4)22(23(34)31-12-14-32(15-13-31)25(36)38-27(8,9)10)33-17-21(29-30-33)20(16-18(2)3)28-24(35)37-26(5,6)7/h17-20,22H,11-16H2,1-10H3,(H,28,35)/t19?,20?,22-/m0/s1. The highest BCUT2D eigenvalue weighted by Crippen LogP contribution is 2.27. The lowest BCUT2D eigenvalue weighted by molar-refractivity contribution is -0.138. The molecule has 3 atom stereocenters. The third-order valence-electron chi connectivity index (χ3n) is 6.25. The van der Waals surface area contributed by atoms with Crippen molar-refractivity contribution in [3.05, 3.63) is 11.9 Å². The third kappa shape index (κ3) is 9.47. The van der Waals surface area contributed by atoms with Gasteiger partial charge in [0.15, 0.2) is 0 Å². The van der Waals surface area contributed by atoms with Gasteiger partial charge in [0.05, 0.1) is 12.2 Å². The summed E-state index contributed by atoms with van der Waals surface area (Å²) in [5.74, 6) is 0.233. The number of ether oxygens (including phenoxy) is 2. The molecule has 1 aromatic heterocycles. The van der Waals surface area contributed by atoms with Crippen molar-refractivity contribution < 1.29 is 23.9 Å². The topological polar surface area (TPSA) is 119 Å². The van der Waals surface area contributed by atoms with Crippen LogP contribution in [0.1, 0.15) is 99.9 Å². The number of nitrogens with one attached hydrogen (secondary N) is 1. The van der Waals surface area contributed by atoms with Crippen molar-refractivity contribution in [1.29, 1.82) is 0 Å². The summed E-state index contributed by atoms with van der Waals surface area (Å²) < 4.78 is 12.5. The normalized spacial score (nSPS) is 17.1. The van der Waals surface area contributed by atoms with Crippen LogP contribution in [0, 0.1) is 11.8 Å². The average Bonchev–Trinajstić information content (AvgIpc) is 3.25. The number of amides is 3. The van der Waals surface area contributed by atoms with E-state index in [0.717, 1.165) is 6.42 Å². The maximum absolute atomic E-state index is 13.7. The summed E-state index contributed by atoms with van der Waals surface area (Å²) in [5.41, 5.74) is -0.603. The van der Waals surface area contributed by atoms with Gasteiger partial charge in [-0.25, -0.2) is 14.3 Å². The van der Waals surface area contributed by atoms with Crippen LogP contribution in [-0.2, 0) is 14.3 Å². The van der Waals surface area contributed by atoms with Gasteiger partial charge in [0.2, 0.25) is 5.91 Å². The molecule has 2 heterocycles. The molecule has 0 saturated carbocycles. The van der Waals surface area contributed by atoms with Gasteiger partial charge in [0.25, 0.3) is 0 Å². The highest BCUT2D eigenvalue weighted by Gasteiger charge is 2.35. The number of carbonyl (C=O) groups is 3. The van der Waals surface area contributed by atoms with Crippen molar-refractivity contribution in [3.8, 4) is 0 Å². The van der Waals surface area contributed by atoms with E-state index < -0.39 is 29.4 Å². The van der Waals surface area contributed by atoms with Crippen LogP contribution < -0.4 is 5.32 Å². The Morgan fingerprint density at radius 3 is 2.00 bits per heavy atom. The number of rotatable bonds is 8. The minimum atomic E-state index is -0.619. The molecule has 0 aliphatic carbocycles. The zero-order valence-electron chi connectivity index (χ0n) is 24.9. The highest BCUT2D eigenvalue weighted by atomic mass is 16.6. The minimum absolute atomic E-state index is 0.00305. The van der Waals surface area contributed by atoms with E-state index in [4.69, 9.17) is 9.47 Å². The Morgan fingerprint density at radius 2 is 1.50 bits per heavy atom. The van der Waals surface area contributed by atoms with Crippen molar-refractivity contribution >= 4 is 18.1 Å². The molecule has 1 aliphatic rings. The van der Waals surface area contributed by atoms with Crippen molar-refractivity contribution in [3.63, 3.8) is 0 Å². The number of hydrogen-bond donors (Lipinski definition) is 1.